The van der Waals surface area contributed by atoms with E-state index in [0.29, 0.717) is 5.56 Å². The summed E-state index contributed by atoms with van der Waals surface area (Å²) in [6.45, 7) is -0.280. The Balaban J connectivity index is 2.31. The van der Waals surface area contributed by atoms with Crippen LogP contribution < -0.4 is 10.1 Å². The number of phenols is 1. The van der Waals surface area contributed by atoms with Crippen LogP contribution in [0.1, 0.15) is 5.56 Å². The average Bonchev–Trinajstić information content (AvgIpc) is 2.78. The van der Waals surface area contributed by atoms with Gasteiger partial charge in [0.1, 0.15) is 12.2 Å². The lowest BCUT2D eigenvalue weighted by molar-refractivity contribution is -0.143. The molecule has 0 unspecified atom stereocenters. The number of methoxy groups -OCH3 is 2. The smallest absolute Gasteiger partial charge is 0.325 e. The highest BCUT2D eigenvalue weighted by atomic mass is 35.5. The minimum atomic E-state index is -0.585. The van der Waals surface area contributed by atoms with E-state index in [4.69, 9.17) is 28.6 Å². The van der Waals surface area contributed by atoms with Crippen LogP contribution in [0.4, 0.5) is 0 Å². The average molecular weight is 357 g/mol. The molecule has 0 spiro atoms. The van der Waals surface area contributed by atoms with Crippen molar-refractivity contribution >= 4 is 46.9 Å². The molecule has 0 radical (unpaired) electrons. The second-order valence-corrected chi connectivity index (χ2v) is 5.30. The second kappa shape index (κ2) is 6.84. The van der Waals surface area contributed by atoms with Gasteiger partial charge in [-0.1, -0.05) is 11.6 Å². The lowest BCUT2D eigenvalue weighted by atomic mass is 10.1. The fraction of sp³-hybridized carbons (Fsp3) is 0.214. The number of halogens is 1. The van der Waals surface area contributed by atoms with Gasteiger partial charge in [0.25, 0.3) is 5.91 Å². The van der Waals surface area contributed by atoms with Crippen molar-refractivity contribution in [3.8, 4) is 11.5 Å². The Morgan fingerprint density at radius 3 is 2.78 bits per heavy atom. The molecule has 0 bridgehead atoms. The highest BCUT2D eigenvalue weighted by Crippen LogP contribution is 2.35. The maximum atomic E-state index is 12.3. The quantitative estimate of drug-likeness (QED) is 0.477. The van der Waals surface area contributed by atoms with E-state index in [2.05, 4.69) is 10.1 Å². The summed E-state index contributed by atoms with van der Waals surface area (Å²) < 4.78 is 9.52. The van der Waals surface area contributed by atoms with Crippen molar-refractivity contribution < 1.29 is 24.2 Å². The molecule has 0 aliphatic carbocycles. The van der Waals surface area contributed by atoms with Crippen LogP contribution in [0.25, 0.3) is 6.08 Å². The van der Waals surface area contributed by atoms with E-state index in [1.807, 2.05) is 0 Å². The lowest BCUT2D eigenvalue weighted by Crippen LogP contribution is -2.35. The van der Waals surface area contributed by atoms with Crippen LogP contribution in [0.3, 0.4) is 0 Å². The first-order valence-corrected chi connectivity index (χ1v) is 7.13. The van der Waals surface area contributed by atoms with Gasteiger partial charge in [-0.3, -0.25) is 14.5 Å². The zero-order chi connectivity index (χ0) is 17.1. The number of carbonyl (C=O) groups is 2. The first-order chi connectivity index (χ1) is 10.9. The molecule has 1 aromatic rings. The lowest BCUT2D eigenvalue weighted by Gasteiger charge is -2.11. The summed E-state index contributed by atoms with van der Waals surface area (Å²) in [6.07, 6.45) is 1.49. The molecule has 1 aliphatic rings. The number of amides is 1. The highest BCUT2D eigenvalue weighted by molar-refractivity contribution is 7.80. The molecular formula is C14H13ClN2O5S. The maximum absolute atomic E-state index is 12.3. The van der Waals surface area contributed by atoms with E-state index >= 15 is 0 Å². The van der Waals surface area contributed by atoms with Gasteiger partial charge in [-0.2, -0.15) is 0 Å². The molecule has 1 aromatic carbocycles. The van der Waals surface area contributed by atoms with E-state index in [1.165, 1.54) is 32.4 Å². The van der Waals surface area contributed by atoms with E-state index in [9.17, 15) is 14.7 Å². The normalized spacial score (nSPS) is 15.8. The molecule has 122 valence electrons. The fourth-order valence-corrected chi connectivity index (χ4v) is 2.38. The summed E-state index contributed by atoms with van der Waals surface area (Å²) in [6, 6.07) is 2.97. The molecule has 7 nitrogen and oxygen atoms in total. The Morgan fingerprint density at radius 2 is 2.17 bits per heavy atom. The van der Waals surface area contributed by atoms with Crippen LogP contribution in [0.2, 0.25) is 5.02 Å². The van der Waals surface area contributed by atoms with Crippen molar-refractivity contribution in [3.05, 3.63) is 28.4 Å². The zero-order valence-electron chi connectivity index (χ0n) is 12.3. The highest BCUT2D eigenvalue weighted by Gasteiger charge is 2.32. The van der Waals surface area contributed by atoms with Crippen LogP contribution in [-0.4, -0.2) is 47.8 Å². The molecule has 2 rings (SSSR count). The predicted molar refractivity (Wildman–Crippen MR) is 87.1 cm³/mol. The number of rotatable bonds is 4. The van der Waals surface area contributed by atoms with E-state index in [0.717, 1.165) is 4.90 Å². The molecule has 0 saturated carbocycles. The van der Waals surface area contributed by atoms with Crippen molar-refractivity contribution in [2.24, 2.45) is 0 Å². The number of nitrogens with zero attached hydrogens (tertiary/aromatic N) is 1. The summed E-state index contributed by atoms with van der Waals surface area (Å²) in [4.78, 5) is 24.7. The van der Waals surface area contributed by atoms with E-state index < -0.39 is 11.9 Å². The Kier molecular flexibility index (Phi) is 5.07. The molecule has 23 heavy (non-hydrogen) atoms. The maximum Gasteiger partial charge on any atom is 0.325 e. The van der Waals surface area contributed by atoms with Crippen LogP contribution in [0.5, 0.6) is 11.5 Å². The summed E-state index contributed by atoms with van der Waals surface area (Å²) in [7, 11) is 2.61. The van der Waals surface area contributed by atoms with Crippen LogP contribution in [0, 0.1) is 0 Å². The number of esters is 1. The second-order valence-electron chi connectivity index (χ2n) is 4.51. The molecule has 1 fully saturated rings. The Morgan fingerprint density at radius 1 is 1.48 bits per heavy atom. The molecule has 1 saturated heterocycles. The number of carbonyl (C=O) groups excluding carboxylic acids is 2. The topological polar surface area (TPSA) is 88.1 Å². The largest absolute Gasteiger partial charge is 0.503 e. The van der Waals surface area contributed by atoms with Gasteiger partial charge in [-0.15, -0.1) is 0 Å². The molecule has 1 amide bonds. The fourth-order valence-electron chi connectivity index (χ4n) is 1.91. The molecule has 2 N–H and O–H groups in total. The van der Waals surface area contributed by atoms with Gasteiger partial charge >= 0.3 is 5.97 Å². The Bertz CT molecular complexity index is 719. The number of ether oxygens (including phenoxy) is 2. The van der Waals surface area contributed by atoms with Crippen LogP contribution >= 0.6 is 23.8 Å². The predicted octanol–water partition coefficient (Wildman–Crippen LogP) is 1.28. The van der Waals surface area contributed by atoms with Crippen LogP contribution in [-0.2, 0) is 14.3 Å². The van der Waals surface area contributed by atoms with Crippen molar-refractivity contribution in [3.63, 3.8) is 0 Å². The summed E-state index contributed by atoms with van der Waals surface area (Å²) in [5.74, 6) is -1.07. The molecular weight excluding hydrogens is 344 g/mol. The third kappa shape index (κ3) is 3.54. The summed E-state index contributed by atoms with van der Waals surface area (Å²) in [5, 5.41) is 12.6. The molecule has 0 atom stereocenters. The minimum Gasteiger partial charge on any atom is -0.503 e. The number of thiocarbonyl (C=S) groups is 1. The number of hydrogen-bond acceptors (Lipinski definition) is 6. The zero-order valence-corrected chi connectivity index (χ0v) is 13.8. The number of benzene rings is 1. The molecule has 1 heterocycles. The Hall–Kier alpha value is -2.32. The third-order valence-corrected chi connectivity index (χ3v) is 3.67. The van der Waals surface area contributed by atoms with Gasteiger partial charge < -0.3 is 19.9 Å². The SMILES string of the molecule is COC(=O)CN1C(=O)/C(=C/c2cc(Cl)c(O)c(OC)c2)NC1=S. The van der Waals surface area contributed by atoms with Gasteiger partial charge in [0.15, 0.2) is 16.6 Å². The molecule has 1 aliphatic heterocycles. The van der Waals surface area contributed by atoms with E-state index in [1.54, 1.807) is 0 Å². The monoisotopic (exact) mass is 356 g/mol. The first-order valence-electron chi connectivity index (χ1n) is 6.35. The summed E-state index contributed by atoms with van der Waals surface area (Å²) in [5.41, 5.74) is 0.686. The third-order valence-electron chi connectivity index (χ3n) is 3.06. The first kappa shape index (κ1) is 17.0. The number of phenolic OH excluding ortho intramolecular Hbond substituents is 1. The summed E-state index contributed by atoms with van der Waals surface area (Å²) >= 11 is 10.9. The van der Waals surface area contributed by atoms with Gasteiger partial charge in [0.05, 0.1) is 19.2 Å². The van der Waals surface area contributed by atoms with E-state index in [-0.39, 0.29) is 33.9 Å². The number of hydrogen-bond donors (Lipinski definition) is 2. The van der Waals surface area contributed by atoms with Crippen molar-refractivity contribution in [1.29, 1.82) is 0 Å². The minimum absolute atomic E-state index is 0.0793. The van der Waals surface area contributed by atoms with Crippen LogP contribution in [0.15, 0.2) is 17.8 Å². The molecule has 0 aromatic heterocycles. The van der Waals surface area contributed by atoms with Gasteiger partial charge in [0.2, 0.25) is 0 Å². The molecule has 9 heteroatoms. The number of nitrogens with one attached hydrogen (secondary N) is 1. The van der Waals surface area contributed by atoms with Crippen molar-refractivity contribution in [1.82, 2.24) is 10.2 Å². The number of aromatic hydroxyl groups is 1. The standard InChI is InChI=1S/C14H13ClN2O5S/c1-21-10-5-7(3-8(15)12(10)19)4-9-13(20)17(14(23)16-9)6-11(18)22-2/h3-5,19H,6H2,1-2H3,(H,16,23)/b9-4-. The van der Waals surface area contributed by atoms with Crippen molar-refractivity contribution in [2.45, 2.75) is 0 Å². The Labute approximate surface area is 142 Å². The van der Waals surface area contributed by atoms with Gasteiger partial charge in [-0.05, 0) is 36.0 Å². The van der Waals surface area contributed by atoms with Crippen molar-refractivity contribution in [2.75, 3.05) is 20.8 Å². The van der Waals surface area contributed by atoms with Gasteiger partial charge in [0, 0.05) is 0 Å². The van der Waals surface area contributed by atoms with Gasteiger partial charge in [-0.25, -0.2) is 0 Å².